The minimum Gasteiger partial charge on any atom is -0.633 e. The lowest BCUT2D eigenvalue weighted by Gasteiger charge is -2.34. The molecule has 0 saturated heterocycles. The standard InChI is InChI=1S/C12H23NO/c1-11(2)8-6-7-9-12(3)10-13(4,5)14/h9H,1,6-8,10H2,2-5H3. The van der Waals surface area contributed by atoms with E-state index in [0.29, 0.717) is 6.54 Å². The molecule has 0 unspecified atom stereocenters. The summed E-state index contributed by atoms with van der Waals surface area (Å²) in [5.41, 5.74) is 2.42. The minimum absolute atomic E-state index is 0.233. The number of hydrogen-bond acceptors (Lipinski definition) is 1. The number of hydroxylamine groups is 3. The van der Waals surface area contributed by atoms with E-state index in [0.717, 1.165) is 19.3 Å². The summed E-state index contributed by atoms with van der Waals surface area (Å²) in [4.78, 5) is 0. The molecule has 2 nitrogen and oxygen atoms in total. The first-order valence-electron chi connectivity index (χ1n) is 5.15. The van der Waals surface area contributed by atoms with Gasteiger partial charge in [-0.15, -0.1) is 6.58 Å². The third kappa shape index (κ3) is 9.49. The Hall–Kier alpha value is -0.600. The molecule has 0 fully saturated rings. The highest BCUT2D eigenvalue weighted by molar-refractivity contribution is 4.99. The molecule has 0 aliphatic rings. The predicted octanol–water partition coefficient (Wildman–Crippen LogP) is 3.25. The van der Waals surface area contributed by atoms with Crippen molar-refractivity contribution in [3.8, 4) is 0 Å². The van der Waals surface area contributed by atoms with Crippen LogP contribution in [0.1, 0.15) is 33.1 Å². The molecule has 0 aromatic carbocycles. The molecule has 14 heavy (non-hydrogen) atoms. The lowest BCUT2D eigenvalue weighted by atomic mass is 10.1. The Kier molecular flexibility index (Phi) is 5.73. The number of rotatable bonds is 6. The lowest BCUT2D eigenvalue weighted by molar-refractivity contribution is -0.834. The van der Waals surface area contributed by atoms with Crippen molar-refractivity contribution in [3.05, 3.63) is 29.0 Å². The molecule has 0 spiro atoms. The van der Waals surface area contributed by atoms with Crippen molar-refractivity contribution >= 4 is 0 Å². The monoisotopic (exact) mass is 197 g/mol. The number of nitrogens with zero attached hydrogens (tertiary/aromatic N) is 1. The largest absolute Gasteiger partial charge is 0.633 e. The second-order valence-corrected chi connectivity index (χ2v) is 4.63. The van der Waals surface area contributed by atoms with Crippen LogP contribution >= 0.6 is 0 Å². The number of allylic oxidation sites excluding steroid dienone is 2. The highest BCUT2D eigenvalue weighted by Gasteiger charge is 2.01. The molecule has 0 radical (unpaired) electrons. The van der Waals surface area contributed by atoms with Crippen LogP contribution in [-0.2, 0) is 0 Å². The first-order valence-corrected chi connectivity index (χ1v) is 5.15. The number of unbranched alkanes of at least 4 members (excludes halogenated alkanes) is 1. The zero-order valence-corrected chi connectivity index (χ0v) is 9.97. The topological polar surface area (TPSA) is 23.1 Å². The van der Waals surface area contributed by atoms with Gasteiger partial charge in [-0.1, -0.05) is 11.6 Å². The summed E-state index contributed by atoms with van der Waals surface area (Å²) >= 11 is 0. The predicted molar refractivity (Wildman–Crippen MR) is 62.8 cm³/mol. The molecule has 0 bridgehead atoms. The second-order valence-electron chi connectivity index (χ2n) is 4.63. The quantitative estimate of drug-likeness (QED) is 0.277. The number of hydrogen-bond donors (Lipinski definition) is 0. The Morgan fingerprint density at radius 2 is 1.93 bits per heavy atom. The Morgan fingerprint density at radius 1 is 1.36 bits per heavy atom. The Morgan fingerprint density at radius 3 is 2.36 bits per heavy atom. The van der Waals surface area contributed by atoms with Crippen LogP contribution in [0, 0.1) is 5.21 Å². The highest BCUT2D eigenvalue weighted by atomic mass is 16.5. The molecule has 0 amide bonds. The zero-order valence-electron chi connectivity index (χ0n) is 9.97. The van der Waals surface area contributed by atoms with Crippen LogP contribution in [0.4, 0.5) is 0 Å². The van der Waals surface area contributed by atoms with Crippen LogP contribution in [0.2, 0.25) is 0 Å². The van der Waals surface area contributed by atoms with Gasteiger partial charge in [0.2, 0.25) is 0 Å². The van der Waals surface area contributed by atoms with Crippen LogP contribution in [0.25, 0.3) is 0 Å². The third-order valence-electron chi connectivity index (χ3n) is 1.93. The maximum atomic E-state index is 11.3. The molecule has 0 saturated carbocycles. The van der Waals surface area contributed by atoms with Gasteiger partial charge in [-0.25, -0.2) is 0 Å². The average molecular weight is 197 g/mol. The summed E-state index contributed by atoms with van der Waals surface area (Å²) in [5, 5.41) is 11.3. The molecule has 0 aliphatic heterocycles. The normalized spacial score (nSPS) is 13.1. The summed E-state index contributed by atoms with van der Waals surface area (Å²) in [6.07, 6.45) is 5.44. The van der Waals surface area contributed by atoms with Gasteiger partial charge < -0.3 is 9.85 Å². The Labute approximate surface area is 88.1 Å². The lowest BCUT2D eigenvalue weighted by Crippen LogP contribution is -2.33. The Bertz CT molecular complexity index is 211. The zero-order chi connectivity index (χ0) is 11.2. The average Bonchev–Trinajstić information content (AvgIpc) is 1.94. The molecule has 0 heterocycles. The van der Waals surface area contributed by atoms with E-state index in [9.17, 15) is 5.21 Å². The smallest absolute Gasteiger partial charge is 0.0993 e. The molecule has 0 aromatic rings. The fraction of sp³-hybridized carbons (Fsp3) is 0.667. The Balaban J connectivity index is 3.72. The van der Waals surface area contributed by atoms with E-state index in [-0.39, 0.29) is 4.65 Å². The SMILES string of the molecule is C=C(C)CCCC=C(C)C[N+](C)(C)[O-]. The molecular formula is C12H23NO. The van der Waals surface area contributed by atoms with Gasteiger partial charge in [0.15, 0.2) is 0 Å². The molecule has 82 valence electrons. The van der Waals surface area contributed by atoms with E-state index < -0.39 is 0 Å². The van der Waals surface area contributed by atoms with Crippen molar-refractivity contribution in [2.75, 3.05) is 20.6 Å². The van der Waals surface area contributed by atoms with E-state index in [2.05, 4.69) is 12.7 Å². The van der Waals surface area contributed by atoms with Crippen LogP contribution in [0.15, 0.2) is 23.8 Å². The third-order valence-corrected chi connectivity index (χ3v) is 1.93. The molecule has 0 rings (SSSR count). The van der Waals surface area contributed by atoms with Gasteiger partial charge in [-0.2, -0.15) is 0 Å². The van der Waals surface area contributed by atoms with Crippen LogP contribution in [0.3, 0.4) is 0 Å². The van der Waals surface area contributed by atoms with Gasteiger partial charge in [0, 0.05) is 0 Å². The van der Waals surface area contributed by atoms with E-state index in [1.54, 1.807) is 14.1 Å². The van der Waals surface area contributed by atoms with Crippen molar-refractivity contribution in [1.29, 1.82) is 0 Å². The van der Waals surface area contributed by atoms with E-state index in [4.69, 9.17) is 0 Å². The minimum atomic E-state index is -0.233. The van der Waals surface area contributed by atoms with Crippen molar-refractivity contribution in [1.82, 2.24) is 0 Å². The molecule has 0 N–H and O–H groups in total. The molecule has 2 heteroatoms. The van der Waals surface area contributed by atoms with Crippen LogP contribution in [0.5, 0.6) is 0 Å². The van der Waals surface area contributed by atoms with Crippen molar-refractivity contribution in [2.24, 2.45) is 0 Å². The number of likely N-dealkylation sites (N-methyl/N-ethyl adjacent to an activating group) is 1. The molecule has 0 aromatic heterocycles. The van der Waals surface area contributed by atoms with Gasteiger partial charge >= 0.3 is 0 Å². The molecular weight excluding hydrogens is 174 g/mol. The molecule has 0 aliphatic carbocycles. The van der Waals surface area contributed by atoms with E-state index >= 15 is 0 Å². The first-order chi connectivity index (χ1) is 6.31. The van der Waals surface area contributed by atoms with Crippen molar-refractivity contribution < 1.29 is 4.65 Å². The highest BCUT2D eigenvalue weighted by Crippen LogP contribution is 2.08. The summed E-state index contributed by atoms with van der Waals surface area (Å²) in [6.45, 7) is 8.52. The van der Waals surface area contributed by atoms with Gasteiger partial charge in [0.25, 0.3) is 0 Å². The van der Waals surface area contributed by atoms with Crippen LogP contribution < -0.4 is 0 Å². The number of quaternary nitrogens is 1. The van der Waals surface area contributed by atoms with Gasteiger partial charge in [0.05, 0.1) is 20.6 Å². The van der Waals surface area contributed by atoms with E-state index in [1.165, 1.54) is 11.1 Å². The fourth-order valence-corrected chi connectivity index (χ4v) is 1.42. The van der Waals surface area contributed by atoms with Gasteiger partial charge in [0.1, 0.15) is 0 Å². The van der Waals surface area contributed by atoms with Crippen LogP contribution in [-0.4, -0.2) is 25.3 Å². The summed E-state index contributed by atoms with van der Waals surface area (Å²) in [6, 6.07) is 0. The fourth-order valence-electron chi connectivity index (χ4n) is 1.42. The summed E-state index contributed by atoms with van der Waals surface area (Å²) in [7, 11) is 3.34. The maximum Gasteiger partial charge on any atom is 0.0993 e. The maximum absolute atomic E-state index is 11.3. The second kappa shape index (κ2) is 5.99. The summed E-state index contributed by atoms with van der Waals surface area (Å²) < 4.78 is -0.233. The van der Waals surface area contributed by atoms with Gasteiger partial charge in [-0.05, 0) is 38.7 Å². The first kappa shape index (κ1) is 13.4. The van der Waals surface area contributed by atoms with E-state index in [1.807, 2.05) is 13.8 Å². The summed E-state index contributed by atoms with van der Waals surface area (Å²) in [5.74, 6) is 0. The van der Waals surface area contributed by atoms with Gasteiger partial charge in [-0.3, -0.25) is 0 Å². The molecule has 0 atom stereocenters. The van der Waals surface area contributed by atoms with Crippen molar-refractivity contribution in [2.45, 2.75) is 33.1 Å². The van der Waals surface area contributed by atoms with Crippen molar-refractivity contribution in [3.63, 3.8) is 0 Å².